The molecule has 0 N–H and O–H groups in total. The number of hydrogen-bond acceptors (Lipinski definition) is 1. The van der Waals surface area contributed by atoms with Gasteiger partial charge in [-0.2, -0.15) is 0 Å². The van der Waals surface area contributed by atoms with Crippen LogP contribution in [0.2, 0.25) is 0 Å². The van der Waals surface area contributed by atoms with Gasteiger partial charge < -0.3 is 0 Å². The van der Waals surface area contributed by atoms with E-state index in [1.807, 2.05) is 11.8 Å². The lowest BCUT2D eigenvalue weighted by molar-refractivity contribution is 0.776. The molecule has 1 aliphatic carbocycles. The number of hydrogen-bond donors (Lipinski definition) is 0. The first kappa shape index (κ1) is 25.9. The van der Waals surface area contributed by atoms with Crippen LogP contribution in [0.3, 0.4) is 0 Å². The number of benzene rings is 8. The van der Waals surface area contributed by atoms with E-state index in [2.05, 4.69) is 170 Å². The normalized spacial score (nSPS) is 15.8. The SMILES string of the molecule is c1ccc(C2(c3cccc(-c4ccc5c(c4)-c4cccc6cccc(c46)S5)c3)c3ccccc3-c3ccc4ccccc4c32)cc1. The van der Waals surface area contributed by atoms with Gasteiger partial charge in [0, 0.05) is 15.2 Å². The van der Waals surface area contributed by atoms with E-state index >= 15 is 0 Å². The molecule has 0 bridgehead atoms. The molecule has 0 nitrogen and oxygen atoms in total. The highest BCUT2D eigenvalue weighted by atomic mass is 32.2. The summed E-state index contributed by atoms with van der Waals surface area (Å²) in [6.45, 7) is 0. The molecule has 2 aliphatic rings. The fraction of sp³-hybridized carbons (Fsp3) is 0.0222. The van der Waals surface area contributed by atoms with Gasteiger partial charge in [0.25, 0.3) is 0 Å². The molecule has 1 aliphatic heterocycles. The first-order chi connectivity index (χ1) is 22.8. The first-order valence-electron chi connectivity index (χ1n) is 15.9. The van der Waals surface area contributed by atoms with Crippen molar-refractivity contribution in [1.82, 2.24) is 0 Å². The van der Waals surface area contributed by atoms with Gasteiger partial charge in [0.05, 0.1) is 5.41 Å². The van der Waals surface area contributed by atoms with Crippen molar-refractivity contribution in [3.8, 4) is 33.4 Å². The molecule has 1 heterocycles. The summed E-state index contributed by atoms with van der Waals surface area (Å²) in [5.41, 5.74) is 12.6. The van der Waals surface area contributed by atoms with Gasteiger partial charge in [-0.05, 0) is 96.1 Å². The maximum absolute atomic E-state index is 2.45. The van der Waals surface area contributed by atoms with Crippen LogP contribution < -0.4 is 0 Å². The van der Waals surface area contributed by atoms with Crippen LogP contribution >= 0.6 is 11.8 Å². The monoisotopic (exact) mass is 600 g/mol. The van der Waals surface area contributed by atoms with Crippen molar-refractivity contribution in [2.75, 3.05) is 0 Å². The summed E-state index contributed by atoms with van der Waals surface area (Å²) in [6, 6.07) is 63.4. The average molecular weight is 601 g/mol. The largest absolute Gasteiger partial charge is 0.0888 e. The van der Waals surface area contributed by atoms with Gasteiger partial charge in [-0.15, -0.1) is 0 Å². The summed E-state index contributed by atoms with van der Waals surface area (Å²) in [5.74, 6) is 0. The molecule has 10 rings (SSSR count). The van der Waals surface area contributed by atoms with Gasteiger partial charge in [0.2, 0.25) is 0 Å². The highest BCUT2D eigenvalue weighted by molar-refractivity contribution is 7.99. The predicted molar refractivity (Wildman–Crippen MR) is 194 cm³/mol. The molecule has 0 aromatic heterocycles. The Morgan fingerprint density at radius 3 is 2.04 bits per heavy atom. The molecule has 1 heteroatoms. The summed E-state index contributed by atoms with van der Waals surface area (Å²) in [6.07, 6.45) is 0. The number of rotatable bonds is 3. The second kappa shape index (κ2) is 9.81. The van der Waals surface area contributed by atoms with Gasteiger partial charge >= 0.3 is 0 Å². The van der Waals surface area contributed by atoms with E-state index in [1.165, 1.54) is 87.0 Å². The Morgan fingerprint density at radius 2 is 1.11 bits per heavy atom. The number of fused-ring (bicyclic) bond motifs is 7. The lowest BCUT2D eigenvalue weighted by Crippen LogP contribution is -2.28. The van der Waals surface area contributed by atoms with E-state index in [0.717, 1.165) is 0 Å². The molecule has 0 fully saturated rings. The summed E-state index contributed by atoms with van der Waals surface area (Å²) in [4.78, 5) is 2.66. The zero-order chi connectivity index (χ0) is 30.2. The van der Waals surface area contributed by atoms with E-state index in [1.54, 1.807) is 0 Å². The third-order valence-corrected chi connectivity index (χ3v) is 11.3. The van der Waals surface area contributed by atoms with Gasteiger partial charge in [0.15, 0.2) is 0 Å². The zero-order valence-electron chi connectivity index (χ0n) is 25.1. The zero-order valence-corrected chi connectivity index (χ0v) is 25.9. The van der Waals surface area contributed by atoms with Crippen LogP contribution in [0.1, 0.15) is 22.3 Å². The summed E-state index contributed by atoms with van der Waals surface area (Å²) < 4.78 is 0. The average Bonchev–Trinajstić information content (AvgIpc) is 3.44. The van der Waals surface area contributed by atoms with Gasteiger partial charge in [-0.3, -0.25) is 0 Å². The highest BCUT2D eigenvalue weighted by Crippen LogP contribution is 2.58. The van der Waals surface area contributed by atoms with Gasteiger partial charge in [-0.25, -0.2) is 0 Å². The van der Waals surface area contributed by atoms with Crippen LogP contribution in [0.5, 0.6) is 0 Å². The Hall–Kier alpha value is -5.37. The van der Waals surface area contributed by atoms with E-state index in [0.29, 0.717) is 0 Å². The van der Waals surface area contributed by atoms with Crippen molar-refractivity contribution >= 4 is 33.3 Å². The van der Waals surface area contributed by atoms with Crippen LogP contribution in [-0.4, -0.2) is 0 Å². The second-order valence-electron chi connectivity index (χ2n) is 12.4. The molecule has 0 saturated carbocycles. The minimum atomic E-state index is -0.460. The Balaban J connectivity index is 1.24. The maximum atomic E-state index is 2.45. The van der Waals surface area contributed by atoms with Crippen molar-refractivity contribution in [2.24, 2.45) is 0 Å². The van der Waals surface area contributed by atoms with Crippen LogP contribution in [0.25, 0.3) is 54.9 Å². The van der Waals surface area contributed by atoms with E-state index in [9.17, 15) is 0 Å². The molecule has 1 unspecified atom stereocenters. The lowest BCUT2D eigenvalue weighted by atomic mass is 9.66. The molecular formula is C45H28S. The Kier molecular flexibility index (Phi) is 5.53. The summed E-state index contributed by atoms with van der Waals surface area (Å²) in [7, 11) is 0. The topological polar surface area (TPSA) is 0 Å². The second-order valence-corrected chi connectivity index (χ2v) is 13.5. The minimum Gasteiger partial charge on any atom is -0.0888 e. The summed E-state index contributed by atoms with van der Waals surface area (Å²) >= 11 is 1.88. The molecule has 8 aromatic rings. The molecule has 0 spiro atoms. The fourth-order valence-electron chi connectivity index (χ4n) is 8.21. The molecule has 1 atom stereocenters. The van der Waals surface area contributed by atoms with Crippen LogP contribution in [0, 0.1) is 0 Å². The van der Waals surface area contributed by atoms with E-state index < -0.39 is 5.41 Å². The Bertz CT molecular complexity index is 2500. The summed E-state index contributed by atoms with van der Waals surface area (Å²) in [5, 5.41) is 5.24. The molecule has 8 aromatic carbocycles. The quantitative estimate of drug-likeness (QED) is 0.194. The molecule has 46 heavy (non-hydrogen) atoms. The third-order valence-electron chi connectivity index (χ3n) is 10.1. The van der Waals surface area contributed by atoms with Gasteiger partial charge in [0.1, 0.15) is 0 Å². The maximum Gasteiger partial charge on any atom is 0.0719 e. The van der Waals surface area contributed by atoms with E-state index in [4.69, 9.17) is 0 Å². The smallest absolute Gasteiger partial charge is 0.0719 e. The lowest BCUT2D eigenvalue weighted by Gasteiger charge is -2.35. The van der Waals surface area contributed by atoms with E-state index in [-0.39, 0.29) is 0 Å². The fourth-order valence-corrected chi connectivity index (χ4v) is 9.34. The third kappa shape index (κ3) is 3.52. The van der Waals surface area contributed by atoms with Crippen LogP contribution in [-0.2, 0) is 5.41 Å². The standard InChI is InChI=1S/C45H28S/c1-2-15-33(16-3-1)45(40-21-7-6-19-36(40)38-25-23-29-11-4-5-18-35(29)44(38)45)34-17-8-14-31(27-34)32-24-26-41-39(28-32)37-20-9-12-30-13-10-22-42(46-41)43(30)37/h1-28H. The van der Waals surface area contributed by atoms with Crippen LogP contribution in [0.4, 0.5) is 0 Å². The van der Waals surface area contributed by atoms with Crippen molar-refractivity contribution in [2.45, 2.75) is 15.2 Å². The van der Waals surface area contributed by atoms with Crippen molar-refractivity contribution in [1.29, 1.82) is 0 Å². The predicted octanol–water partition coefficient (Wildman–Crippen LogP) is 12.2. The first-order valence-corrected chi connectivity index (χ1v) is 16.7. The van der Waals surface area contributed by atoms with Crippen molar-refractivity contribution < 1.29 is 0 Å². The molecule has 0 amide bonds. The Morgan fingerprint density at radius 1 is 0.391 bits per heavy atom. The molecule has 0 saturated heterocycles. The molecule has 214 valence electrons. The minimum absolute atomic E-state index is 0.460. The van der Waals surface area contributed by atoms with Crippen molar-refractivity contribution in [3.05, 3.63) is 192 Å². The molecule has 0 radical (unpaired) electrons. The van der Waals surface area contributed by atoms with Crippen LogP contribution in [0.15, 0.2) is 180 Å². The Labute approximate surface area is 273 Å². The highest BCUT2D eigenvalue weighted by Gasteiger charge is 2.47. The molecular weight excluding hydrogens is 573 g/mol. The van der Waals surface area contributed by atoms with Gasteiger partial charge in [-0.1, -0.05) is 157 Å². The van der Waals surface area contributed by atoms with Crippen molar-refractivity contribution in [3.63, 3.8) is 0 Å².